The third kappa shape index (κ3) is 2.29. The fraction of sp³-hybridized carbons (Fsp3) is 0.889. The van der Waals surface area contributed by atoms with Gasteiger partial charge in [-0.1, -0.05) is 6.92 Å². The van der Waals surface area contributed by atoms with Crippen LogP contribution in [0.4, 0.5) is 0 Å². The Kier molecular flexibility index (Phi) is 3.23. The van der Waals surface area contributed by atoms with Crippen molar-refractivity contribution in [3.05, 3.63) is 0 Å². The van der Waals surface area contributed by atoms with Gasteiger partial charge in [-0.2, -0.15) is 0 Å². The topological polar surface area (TPSA) is 46.3 Å². The summed E-state index contributed by atoms with van der Waals surface area (Å²) in [6.45, 7) is 5.68. The Balaban J connectivity index is 2.29. The number of likely N-dealkylation sites (tertiary alicyclic amines) is 1. The molecule has 0 bridgehead atoms. The molecule has 1 aliphatic heterocycles. The Morgan fingerprint density at radius 1 is 1.67 bits per heavy atom. The van der Waals surface area contributed by atoms with Crippen LogP contribution in [0.3, 0.4) is 0 Å². The van der Waals surface area contributed by atoms with Crippen LogP contribution < -0.4 is 5.73 Å². The van der Waals surface area contributed by atoms with Crippen LogP contribution in [-0.4, -0.2) is 29.9 Å². The molecule has 12 heavy (non-hydrogen) atoms. The zero-order valence-electron chi connectivity index (χ0n) is 7.92. The van der Waals surface area contributed by atoms with E-state index in [1.54, 1.807) is 6.92 Å². The maximum absolute atomic E-state index is 10.7. The highest BCUT2D eigenvalue weighted by molar-refractivity contribution is 5.75. The Morgan fingerprint density at radius 2 is 2.33 bits per heavy atom. The van der Waals surface area contributed by atoms with Gasteiger partial charge in [-0.15, -0.1) is 0 Å². The van der Waals surface area contributed by atoms with Crippen molar-refractivity contribution in [1.82, 2.24) is 4.90 Å². The van der Waals surface area contributed by atoms with Gasteiger partial charge in [0.05, 0.1) is 6.17 Å². The molecule has 1 saturated heterocycles. The summed E-state index contributed by atoms with van der Waals surface area (Å²) in [5, 5.41) is 0. The van der Waals surface area contributed by atoms with Crippen LogP contribution in [0.15, 0.2) is 0 Å². The summed E-state index contributed by atoms with van der Waals surface area (Å²) in [6.07, 6.45) is 1.98. The zero-order chi connectivity index (χ0) is 9.14. The van der Waals surface area contributed by atoms with E-state index >= 15 is 0 Å². The van der Waals surface area contributed by atoms with Crippen molar-refractivity contribution in [2.24, 2.45) is 11.7 Å². The van der Waals surface area contributed by atoms with Gasteiger partial charge in [-0.25, -0.2) is 0 Å². The van der Waals surface area contributed by atoms with Gasteiger partial charge < -0.3 is 5.73 Å². The molecule has 1 aliphatic rings. The van der Waals surface area contributed by atoms with E-state index in [1.807, 2.05) is 0 Å². The lowest BCUT2D eigenvalue weighted by Crippen LogP contribution is -2.40. The average Bonchev–Trinajstić information content (AvgIpc) is 2.30. The molecule has 1 heterocycles. The van der Waals surface area contributed by atoms with Crippen LogP contribution in [0.1, 0.15) is 26.7 Å². The number of carbonyl (C=O) groups is 1. The minimum absolute atomic E-state index is 0.171. The Hall–Kier alpha value is -0.410. The zero-order valence-corrected chi connectivity index (χ0v) is 7.92. The van der Waals surface area contributed by atoms with Crippen LogP contribution in [0.25, 0.3) is 0 Å². The lowest BCUT2D eigenvalue weighted by molar-refractivity contribution is -0.117. The standard InChI is InChI=1S/C9H18N2O/c1-7-3-5-11(9(7)10)6-4-8(2)12/h7,9H,3-6,10H2,1-2H3. The average molecular weight is 170 g/mol. The molecule has 1 rings (SSSR count). The van der Waals surface area contributed by atoms with Gasteiger partial charge >= 0.3 is 0 Å². The monoisotopic (exact) mass is 170 g/mol. The molecular formula is C9H18N2O. The van der Waals surface area contributed by atoms with E-state index in [0.717, 1.165) is 13.1 Å². The maximum Gasteiger partial charge on any atom is 0.131 e. The predicted molar refractivity (Wildman–Crippen MR) is 48.6 cm³/mol. The van der Waals surface area contributed by atoms with Gasteiger partial charge in [0.15, 0.2) is 0 Å². The van der Waals surface area contributed by atoms with Crippen molar-refractivity contribution in [2.75, 3.05) is 13.1 Å². The number of carbonyl (C=O) groups excluding carboxylic acids is 1. The smallest absolute Gasteiger partial charge is 0.131 e. The summed E-state index contributed by atoms with van der Waals surface area (Å²) < 4.78 is 0. The number of nitrogens with zero attached hydrogens (tertiary/aromatic N) is 1. The molecule has 2 atom stereocenters. The van der Waals surface area contributed by atoms with Gasteiger partial charge in [-0.3, -0.25) is 9.69 Å². The summed E-state index contributed by atoms with van der Waals surface area (Å²) in [4.78, 5) is 12.9. The molecule has 70 valence electrons. The summed E-state index contributed by atoms with van der Waals surface area (Å²) in [5.41, 5.74) is 5.92. The summed E-state index contributed by atoms with van der Waals surface area (Å²) >= 11 is 0. The van der Waals surface area contributed by atoms with Gasteiger partial charge in [0, 0.05) is 19.5 Å². The van der Waals surface area contributed by atoms with Crippen LogP contribution in [0.2, 0.25) is 0 Å². The first-order valence-electron chi connectivity index (χ1n) is 4.60. The molecule has 2 unspecified atom stereocenters. The molecule has 2 N–H and O–H groups in total. The van der Waals surface area contributed by atoms with E-state index in [0.29, 0.717) is 12.3 Å². The number of Topliss-reactive ketones (excluding diaryl/α,β-unsaturated/α-hetero) is 1. The van der Waals surface area contributed by atoms with Crippen molar-refractivity contribution >= 4 is 5.78 Å². The number of rotatable bonds is 3. The highest BCUT2D eigenvalue weighted by Crippen LogP contribution is 2.19. The Bertz CT molecular complexity index is 170. The second-order valence-corrected chi connectivity index (χ2v) is 3.74. The van der Waals surface area contributed by atoms with Gasteiger partial charge in [0.25, 0.3) is 0 Å². The molecule has 1 fully saturated rings. The lowest BCUT2D eigenvalue weighted by Gasteiger charge is -2.21. The maximum atomic E-state index is 10.7. The van der Waals surface area contributed by atoms with Gasteiger partial charge in [0.1, 0.15) is 5.78 Å². The van der Waals surface area contributed by atoms with Gasteiger partial charge in [0.2, 0.25) is 0 Å². The van der Waals surface area contributed by atoms with E-state index in [1.165, 1.54) is 6.42 Å². The Labute approximate surface area is 73.9 Å². The Morgan fingerprint density at radius 3 is 2.75 bits per heavy atom. The fourth-order valence-electron chi connectivity index (χ4n) is 1.61. The highest BCUT2D eigenvalue weighted by atomic mass is 16.1. The number of hydrogen-bond donors (Lipinski definition) is 1. The van der Waals surface area contributed by atoms with Crippen LogP contribution in [-0.2, 0) is 4.79 Å². The van der Waals surface area contributed by atoms with Crippen molar-refractivity contribution < 1.29 is 4.79 Å². The third-order valence-corrected chi connectivity index (χ3v) is 2.63. The minimum atomic E-state index is 0.171. The number of ketones is 1. The van der Waals surface area contributed by atoms with Crippen molar-refractivity contribution in [1.29, 1.82) is 0 Å². The first kappa shape index (κ1) is 9.68. The van der Waals surface area contributed by atoms with E-state index in [9.17, 15) is 4.79 Å². The SMILES string of the molecule is CC(=O)CCN1CCC(C)C1N. The summed E-state index contributed by atoms with van der Waals surface area (Å²) in [6, 6.07) is 0. The van der Waals surface area contributed by atoms with Crippen LogP contribution >= 0.6 is 0 Å². The highest BCUT2D eigenvalue weighted by Gasteiger charge is 2.27. The molecule has 3 nitrogen and oxygen atoms in total. The van der Waals surface area contributed by atoms with Gasteiger partial charge in [-0.05, 0) is 19.3 Å². The summed E-state index contributed by atoms with van der Waals surface area (Å²) in [7, 11) is 0. The molecule has 0 aromatic heterocycles. The lowest BCUT2D eigenvalue weighted by atomic mass is 10.1. The molecule has 0 saturated carbocycles. The molecule has 0 aliphatic carbocycles. The summed E-state index contributed by atoms with van der Waals surface area (Å²) in [5.74, 6) is 0.832. The second-order valence-electron chi connectivity index (χ2n) is 3.74. The van der Waals surface area contributed by atoms with E-state index in [4.69, 9.17) is 5.73 Å². The fourth-order valence-corrected chi connectivity index (χ4v) is 1.61. The quantitative estimate of drug-likeness (QED) is 0.674. The van der Waals surface area contributed by atoms with Crippen molar-refractivity contribution in [3.63, 3.8) is 0 Å². The molecule has 3 heteroatoms. The minimum Gasteiger partial charge on any atom is -0.316 e. The number of nitrogens with two attached hydrogens (primary N) is 1. The largest absolute Gasteiger partial charge is 0.316 e. The van der Waals surface area contributed by atoms with E-state index in [-0.39, 0.29) is 11.9 Å². The second kappa shape index (κ2) is 4.01. The molecule has 0 spiro atoms. The number of hydrogen-bond acceptors (Lipinski definition) is 3. The first-order chi connectivity index (χ1) is 5.61. The van der Waals surface area contributed by atoms with E-state index in [2.05, 4.69) is 11.8 Å². The normalized spacial score (nSPS) is 30.9. The van der Waals surface area contributed by atoms with Crippen molar-refractivity contribution in [2.45, 2.75) is 32.9 Å². The molecule has 0 amide bonds. The molecule has 0 radical (unpaired) electrons. The van der Waals surface area contributed by atoms with E-state index < -0.39 is 0 Å². The first-order valence-corrected chi connectivity index (χ1v) is 4.60. The molecular weight excluding hydrogens is 152 g/mol. The van der Waals surface area contributed by atoms with Crippen LogP contribution in [0, 0.1) is 5.92 Å². The molecule has 0 aromatic rings. The van der Waals surface area contributed by atoms with Crippen molar-refractivity contribution in [3.8, 4) is 0 Å². The third-order valence-electron chi connectivity index (χ3n) is 2.63. The predicted octanol–water partition coefficient (Wildman–Crippen LogP) is 0.592. The molecule has 0 aromatic carbocycles. The van der Waals surface area contributed by atoms with Crippen LogP contribution in [0.5, 0.6) is 0 Å².